The van der Waals surface area contributed by atoms with E-state index in [0.29, 0.717) is 17.2 Å². The van der Waals surface area contributed by atoms with Crippen LogP contribution >= 0.6 is 0 Å². The van der Waals surface area contributed by atoms with Gasteiger partial charge in [0, 0.05) is 11.6 Å². The highest BCUT2D eigenvalue weighted by Crippen LogP contribution is 2.39. The lowest BCUT2D eigenvalue weighted by Crippen LogP contribution is -2.00. The van der Waals surface area contributed by atoms with Gasteiger partial charge in [-0.3, -0.25) is 4.98 Å². The highest BCUT2D eigenvalue weighted by Gasteiger charge is 2.26. The maximum atomic E-state index is 11.0. The first-order chi connectivity index (χ1) is 8.20. The second kappa shape index (κ2) is 4.95. The Kier molecular flexibility index (Phi) is 3.38. The van der Waals surface area contributed by atoms with E-state index in [2.05, 4.69) is 4.98 Å². The fourth-order valence-electron chi connectivity index (χ4n) is 1.64. The Labute approximate surface area is 101 Å². The molecule has 0 saturated heterocycles. The summed E-state index contributed by atoms with van der Waals surface area (Å²) in [6.45, 7) is 1.93. The van der Waals surface area contributed by atoms with Crippen molar-refractivity contribution in [3.8, 4) is 0 Å². The van der Waals surface area contributed by atoms with Crippen LogP contribution in [-0.2, 0) is 0 Å². The van der Waals surface area contributed by atoms with Gasteiger partial charge in [0.1, 0.15) is 0 Å². The van der Waals surface area contributed by atoms with Gasteiger partial charge in [0.25, 0.3) is 0 Å². The highest BCUT2D eigenvalue weighted by atomic mass is 16.4. The molecule has 3 nitrogen and oxygen atoms in total. The number of aromatic carboxylic acids is 1. The summed E-state index contributed by atoms with van der Waals surface area (Å²) < 4.78 is 0. The molecular formula is C14H15NO2. The Balaban J connectivity index is 2.33. The lowest BCUT2D eigenvalue weighted by molar-refractivity contribution is 0.0696. The highest BCUT2D eigenvalue weighted by molar-refractivity contribution is 5.88. The number of aromatic nitrogens is 1. The molecule has 1 aromatic rings. The molecule has 17 heavy (non-hydrogen) atoms. The SMILES string of the molecule is C/C=C\C=C/c1cc(C(=O)O)cc(C2CC2)n1. The Hall–Kier alpha value is -1.90. The fourth-order valence-corrected chi connectivity index (χ4v) is 1.64. The van der Waals surface area contributed by atoms with Crippen molar-refractivity contribution in [3.63, 3.8) is 0 Å². The largest absolute Gasteiger partial charge is 0.478 e. The van der Waals surface area contributed by atoms with Crippen molar-refractivity contribution >= 4 is 12.0 Å². The summed E-state index contributed by atoms with van der Waals surface area (Å²) in [6, 6.07) is 3.29. The normalized spacial score (nSPS) is 15.8. The molecule has 88 valence electrons. The number of hydrogen-bond donors (Lipinski definition) is 1. The third kappa shape index (κ3) is 3.03. The molecule has 2 rings (SSSR count). The van der Waals surface area contributed by atoms with Crippen LogP contribution in [0.25, 0.3) is 6.08 Å². The van der Waals surface area contributed by atoms with Gasteiger partial charge in [-0.15, -0.1) is 0 Å². The van der Waals surface area contributed by atoms with Crippen molar-refractivity contribution in [2.45, 2.75) is 25.7 Å². The number of rotatable bonds is 4. The summed E-state index contributed by atoms with van der Waals surface area (Å²) in [7, 11) is 0. The van der Waals surface area contributed by atoms with Crippen LogP contribution in [0.1, 0.15) is 47.4 Å². The van der Waals surface area contributed by atoms with Crippen LogP contribution in [0.3, 0.4) is 0 Å². The first-order valence-corrected chi connectivity index (χ1v) is 5.75. The summed E-state index contributed by atoms with van der Waals surface area (Å²) in [5, 5.41) is 9.04. The smallest absolute Gasteiger partial charge is 0.335 e. The van der Waals surface area contributed by atoms with Gasteiger partial charge in [0.2, 0.25) is 0 Å². The monoisotopic (exact) mass is 229 g/mol. The first-order valence-electron chi connectivity index (χ1n) is 5.75. The number of pyridine rings is 1. The zero-order chi connectivity index (χ0) is 12.3. The second-order valence-corrected chi connectivity index (χ2v) is 4.17. The van der Waals surface area contributed by atoms with Crippen LogP contribution in [0.4, 0.5) is 0 Å². The summed E-state index contributed by atoms with van der Waals surface area (Å²) >= 11 is 0. The quantitative estimate of drug-likeness (QED) is 0.806. The zero-order valence-corrected chi connectivity index (χ0v) is 9.76. The van der Waals surface area contributed by atoms with Crippen LogP contribution in [0.5, 0.6) is 0 Å². The molecule has 1 aromatic heterocycles. The van der Waals surface area contributed by atoms with Gasteiger partial charge in [-0.1, -0.05) is 18.2 Å². The van der Waals surface area contributed by atoms with Gasteiger partial charge in [-0.25, -0.2) is 4.79 Å². The molecule has 0 amide bonds. The van der Waals surface area contributed by atoms with Crippen LogP contribution < -0.4 is 0 Å². The second-order valence-electron chi connectivity index (χ2n) is 4.17. The van der Waals surface area contributed by atoms with Gasteiger partial charge in [0.15, 0.2) is 0 Å². The first kappa shape index (κ1) is 11.6. The molecule has 0 spiro atoms. The molecule has 1 aliphatic rings. The topological polar surface area (TPSA) is 50.2 Å². The lowest BCUT2D eigenvalue weighted by atomic mass is 10.1. The molecule has 0 aliphatic heterocycles. The number of allylic oxidation sites excluding steroid dienone is 3. The number of carboxylic acids is 1. The molecule has 0 bridgehead atoms. The summed E-state index contributed by atoms with van der Waals surface area (Å²) in [5.41, 5.74) is 1.94. The van der Waals surface area contributed by atoms with Crippen LogP contribution in [0.15, 0.2) is 30.4 Å². The summed E-state index contributed by atoms with van der Waals surface area (Å²) in [6.07, 6.45) is 9.75. The third-order valence-corrected chi connectivity index (χ3v) is 2.68. The van der Waals surface area contributed by atoms with E-state index in [1.54, 1.807) is 12.1 Å². The van der Waals surface area contributed by atoms with Crippen molar-refractivity contribution in [3.05, 3.63) is 47.3 Å². The van der Waals surface area contributed by atoms with E-state index < -0.39 is 5.97 Å². The van der Waals surface area contributed by atoms with E-state index in [0.717, 1.165) is 18.5 Å². The van der Waals surface area contributed by atoms with Crippen molar-refractivity contribution in [1.82, 2.24) is 4.98 Å². The molecule has 1 heterocycles. The predicted octanol–water partition coefficient (Wildman–Crippen LogP) is 3.25. The average molecular weight is 229 g/mol. The molecule has 0 aromatic carbocycles. The minimum Gasteiger partial charge on any atom is -0.478 e. The van der Waals surface area contributed by atoms with Crippen molar-refractivity contribution in [2.75, 3.05) is 0 Å². The number of hydrogen-bond acceptors (Lipinski definition) is 2. The number of carbonyl (C=O) groups is 1. The van der Waals surface area contributed by atoms with Crippen LogP contribution in [0, 0.1) is 0 Å². The Morgan fingerprint density at radius 1 is 1.41 bits per heavy atom. The van der Waals surface area contributed by atoms with Gasteiger partial charge < -0.3 is 5.11 Å². The molecular weight excluding hydrogens is 214 g/mol. The van der Waals surface area contributed by atoms with E-state index in [1.165, 1.54) is 0 Å². The van der Waals surface area contributed by atoms with Gasteiger partial charge in [0.05, 0.1) is 11.3 Å². The molecule has 0 radical (unpaired) electrons. The molecule has 0 atom stereocenters. The van der Waals surface area contributed by atoms with E-state index in [-0.39, 0.29) is 0 Å². The van der Waals surface area contributed by atoms with E-state index in [4.69, 9.17) is 5.11 Å². The molecule has 1 aliphatic carbocycles. The van der Waals surface area contributed by atoms with Crippen molar-refractivity contribution in [2.24, 2.45) is 0 Å². The maximum absolute atomic E-state index is 11.0. The Bertz CT molecular complexity index is 485. The molecule has 1 fully saturated rings. The van der Waals surface area contributed by atoms with Gasteiger partial charge in [-0.2, -0.15) is 0 Å². The van der Waals surface area contributed by atoms with Crippen LogP contribution in [-0.4, -0.2) is 16.1 Å². The van der Waals surface area contributed by atoms with Crippen molar-refractivity contribution in [1.29, 1.82) is 0 Å². The van der Waals surface area contributed by atoms with Gasteiger partial charge in [-0.05, 0) is 38.0 Å². The molecule has 1 saturated carbocycles. The summed E-state index contributed by atoms with van der Waals surface area (Å²) in [4.78, 5) is 15.5. The van der Waals surface area contributed by atoms with Crippen molar-refractivity contribution < 1.29 is 9.90 Å². The minimum absolute atomic E-state index is 0.321. The maximum Gasteiger partial charge on any atom is 0.335 e. The Morgan fingerprint density at radius 3 is 2.76 bits per heavy atom. The van der Waals surface area contributed by atoms with E-state index in [9.17, 15) is 4.79 Å². The average Bonchev–Trinajstić information content (AvgIpc) is 3.13. The van der Waals surface area contributed by atoms with Gasteiger partial charge >= 0.3 is 5.97 Å². The van der Waals surface area contributed by atoms with E-state index >= 15 is 0 Å². The minimum atomic E-state index is -0.894. The molecule has 1 N–H and O–H groups in total. The third-order valence-electron chi connectivity index (χ3n) is 2.68. The molecule has 3 heteroatoms. The van der Waals surface area contributed by atoms with Crippen LogP contribution in [0.2, 0.25) is 0 Å². The standard InChI is InChI=1S/C14H15NO2/c1-2-3-4-5-12-8-11(14(16)17)9-13(15-12)10-6-7-10/h2-5,8-10H,6-7H2,1H3,(H,16,17)/b3-2-,5-4-. The molecule has 0 unspecified atom stereocenters. The lowest BCUT2D eigenvalue weighted by Gasteiger charge is -2.02. The Morgan fingerprint density at radius 2 is 2.18 bits per heavy atom. The number of nitrogens with zero attached hydrogens (tertiary/aromatic N) is 1. The van der Waals surface area contributed by atoms with E-state index in [1.807, 2.05) is 31.2 Å². The zero-order valence-electron chi connectivity index (χ0n) is 9.76. The number of carboxylic acid groups (broad SMARTS) is 1. The fraction of sp³-hybridized carbons (Fsp3) is 0.286. The summed E-state index contributed by atoms with van der Waals surface area (Å²) in [5.74, 6) is -0.432. The predicted molar refractivity (Wildman–Crippen MR) is 67.0 cm³/mol.